The standard InChI is InChI=1S/C11H11Cl2N3OS/c12-9-7-8(10(13)18-9)11(17)16-5-3-15(2-1-14)4-6-16/h7H,2-6H2. The van der Waals surface area contributed by atoms with Gasteiger partial charge in [-0.3, -0.25) is 9.69 Å². The average molecular weight is 304 g/mol. The lowest BCUT2D eigenvalue weighted by atomic mass is 10.2. The van der Waals surface area contributed by atoms with Crippen LogP contribution in [0.15, 0.2) is 6.07 Å². The van der Waals surface area contributed by atoms with Gasteiger partial charge in [0.25, 0.3) is 5.91 Å². The summed E-state index contributed by atoms with van der Waals surface area (Å²) in [6.45, 7) is 3.07. The molecule has 0 atom stereocenters. The van der Waals surface area contributed by atoms with Crippen LogP contribution < -0.4 is 0 Å². The van der Waals surface area contributed by atoms with Crippen LogP contribution in [0.1, 0.15) is 10.4 Å². The van der Waals surface area contributed by atoms with E-state index in [1.54, 1.807) is 11.0 Å². The Morgan fingerprint density at radius 1 is 1.39 bits per heavy atom. The molecule has 0 unspecified atom stereocenters. The number of carbonyl (C=O) groups is 1. The Bertz CT molecular complexity index is 489. The summed E-state index contributed by atoms with van der Waals surface area (Å²) in [4.78, 5) is 16.0. The van der Waals surface area contributed by atoms with Crippen molar-refractivity contribution in [1.82, 2.24) is 9.80 Å². The zero-order valence-corrected chi connectivity index (χ0v) is 11.9. The van der Waals surface area contributed by atoms with Crippen LogP contribution in [0.25, 0.3) is 0 Å². The first-order valence-corrected chi connectivity index (χ1v) is 7.02. The highest BCUT2D eigenvalue weighted by atomic mass is 35.5. The van der Waals surface area contributed by atoms with Gasteiger partial charge >= 0.3 is 0 Å². The van der Waals surface area contributed by atoms with Crippen LogP contribution in [0.5, 0.6) is 0 Å². The molecule has 0 radical (unpaired) electrons. The van der Waals surface area contributed by atoms with Crippen LogP contribution in [-0.2, 0) is 0 Å². The van der Waals surface area contributed by atoms with E-state index in [0.29, 0.717) is 33.9 Å². The molecule has 18 heavy (non-hydrogen) atoms. The monoisotopic (exact) mass is 303 g/mol. The number of halogens is 2. The van der Waals surface area contributed by atoms with E-state index in [0.717, 1.165) is 13.1 Å². The molecule has 1 saturated heterocycles. The highest BCUT2D eigenvalue weighted by Gasteiger charge is 2.24. The van der Waals surface area contributed by atoms with Crippen LogP contribution in [0.3, 0.4) is 0 Å². The maximum atomic E-state index is 12.2. The van der Waals surface area contributed by atoms with Crippen molar-refractivity contribution in [3.05, 3.63) is 20.3 Å². The average Bonchev–Trinajstić information content (AvgIpc) is 2.69. The first-order valence-electron chi connectivity index (χ1n) is 5.45. The molecule has 0 aromatic carbocycles. The number of thiophene rings is 1. The first kappa shape index (κ1) is 13.6. The van der Waals surface area contributed by atoms with Crippen molar-refractivity contribution in [2.45, 2.75) is 0 Å². The number of hydrogen-bond acceptors (Lipinski definition) is 4. The maximum absolute atomic E-state index is 12.2. The molecular weight excluding hydrogens is 293 g/mol. The molecule has 4 nitrogen and oxygen atoms in total. The summed E-state index contributed by atoms with van der Waals surface area (Å²) < 4.78 is 0.955. The molecule has 1 aromatic heterocycles. The van der Waals surface area contributed by atoms with Crippen LogP contribution in [-0.4, -0.2) is 48.4 Å². The number of nitrogens with zero attached hydrogens (tertiary/aromatic N) is 3. The van der Waals surface area contributed by atoms with Gasteiger partial charge in [-0.15, -0.1) is 11.3 Å². The number of rotatable bonds is 2. The largest absolute Gasteiger partial charge is 0.336 e. The zero-order valence-electron chi connectivity index (χ0n) is 9.53. The van der Waals surface area contributed by atoms with E-state index in [2.05, 4.69) is 6.07 Å². The molecule has 7 heteroatoms. The smallest absolute Gasteiger partial charge is 0.256 e. The Kier molecular flexibility index (Phi) is 4.46. The van der Waals surface area contributed by atoms with Crippen molar-refractivity contribution >= 4 is 40.4 Å². The zero-order chi connectivity index (χ0) is 13.1. The fourth-order valence-corrected chi connectivity index (χ4v) is 3.31. The van der Waals surface area contributed by atoms with E-state index < -0.39 is 0 Å². The molecule has 2 heterocycles. The minimum Gasteiger partial charge on any atom is -0.336 e. The second-order valence-corrected chi connectivity index (χ2v) is 6.25. The number of hydrogen-bond donors (Lipinski definition) is 0. The predicted molar refractivity (Wildman–Crippen MR) is 72.3 cm³/mol. The van der Waals surface area contributed by atoms with Crippen LogP contribution in [0.2, 0.25) is 8.67 Å². The third kappa shape index (κ3) is 2.96. The highest BCUT2D eigenvalue weighted by Crippen LogP contribution is 2.32. The number of piperazine rings is 1. The molecule has 1 aromatic rings. The van der Waals surface area contributed by atoms with Crippen LogP contribution in [0, 0.1) is 11.3 Å². The van der Waals surface area contributed by atoms with Gasteiger partial charge in [0.1, 0.15) is 4.34 Å². The van der Waals surface area contributed by atoms with Gasteiger partial charge in [-0.05, 0) is 6.07 Å². The molecule has 1 fully saturated rings. The maximum Gasteiger partial charge on any atom is 0.256 e. The normalized spacial score (nSPS) is 16.6. The summed E-state index contributed by atoms with van der Waals surface area (Å²) in [5.74, 6) is -0.0836. The lowest BCUT2D eigenvalue weighted by Crippen LogP contribution is -2.48. The number of carbonyl (C=O) groups excluding carboxylic acids is 1. The minimum absolute atomic E-state index is 0.0836. The summed E-state index contributed by atoms with van der Waals surface area (Å²) in [5.41, 5.74) is 0.473. The van der Waals surface area contributed by atoms with Crippen molar-refractivity contribution in [2.75, 3.05) is 32.7 Å². The third-order valence-electron chi connectivity index (χ3n) is 2.84. The Hall–Kier alpha value is -0.800. The molecule has 1 amide bonds. The number of nitriles is 1. The van der Waals surface area contributed by atoms with E-state index in [4.69, 9.17) is 28.5 Å². The van der Waals surface area contributed by atoms with Crippen molar-refractivity contribution in [1.29, 1.82) is 5.26 Å². The lowest BCUT2D eigenvalue weighted by Gasteiger charge is -2.33. The van der Waals surface area contributed by atoms with Gasteiger partial charge in [-0.1, -0.05) is 23.2 Å². The van der Waals surface area contributed by atoms with E-state index in [-0.39, 0.29) is 5.91 Å². The van der Waals surface area contributed by atoms with Gasteiger partial charge in [0, 0.05) is 26.2 Å². The fourth-order valence-electron chi connectivity index (χ4n) is 1.87. The Balaban J connectivity index is 2.00. The molecule has 1 aliphatic heterocycles. The molecule has 1 aliphatic rings. The minimum atomic E-state index is -0.0836. The van der Waals surface area contributed by atoms with E-state index in [1.165, 1.54) is 11.3 Å². The van der Waals surface area contributed by atoms with Gasteiger partial charge in [0.05, 0.1) is 22.5 Å². The van der Waals surface area contributed by atoms with Crippen LogP contribution in [0.4, 0.5) is 0 Å². The SMILES string of the molecule is N#CCN1CCN(C(=O)c2cc(Cl)sc2Cl)CC1. The van der Waals surface area contributed by atoms with Gasteiger partial charge in [-0.25, -0.2) is 0 Å². The molecule has 0 aliphatic carbocycles. The Morgan fingerprint density at radius 3 is 2.56 bits per heavy atom. The topological polar surface area (TPSA) is 47.3 Å². The predicted octanol–water partition coefficient (Wildman–Crippen LogP) is 2.34. The molecule has 0 saturated carbocycles. The third-order valence-corrected chi connectivity index (χ3v) is 4.33. The molecule has 0 spiro atoms. The van der Waals surface area contributed by atoms with Gasteiger partial charge in [-0.2, -0.15) is 5.26 Å². The first-order chi connectivity index (χ1) is 8.61. The molecule has 0 N–H and O–H groups in total. The second kappa shape index (κ2) is 5.89. The Morgan fingerprint density at radius 2 is 2.06 bits per heavy atom. The summed E-state index contributed by atoms with van der Waals surface area (Å²) >= 11 is 13.0. The van der Waals surface area contributed by atoms with E-state index in [9.17, 15) is 4.79 Å². The van der Waals surface area contributed by atoms with Crippen molar-refractivity contribution in [2.24, 2.45) is 0 Å². The molecule has 2 rings (SSSR count). The van der Waals surface area contributed by atoms with Gasteiger partial charge in [0.2, 0.25) is 0 Å². The van der Waals surface area contributed by atoms with E-state index in [1.807, 2.05) is 4.90 Å². The quantitative estimate of drug-likeness (QED) is 0.788. The van der Waals surface area contributed by atoms with Gasteiger partial charge < -0.3 is 4.90 Å². The van der Waals surface area contributed by atoms with Crippen LogP contribution >= 0.6 is 34.5 Å². The fraction of sp³-hybridized carbons (Fsp3) is 0.455. The summed E-state index contributed by atoms with van der Waals surface area (Å²) in [7, 11) is 0. The summed E-state index contributed by atoms with van der Waals surface area (Å²) in [5, 5.41) is 8.61. The van der Waals surface area contributed by atoms with E-state index >= 15 is 0 Å². The molecular formula is C11H11Cl2N3OS. The summed E-state index contributed by atoms with van der Waals surface area (Å²) in [6.07, 6.45) is 0. The lowest BCUT2D eigenvalue weighted by molar-refractivity contribution is 0.0652. The van der Waals surface area contributed by atoms with Gasteiger partial charge in [0.15, 0.2) is 0 Å². The van der Waals surface area contributed by atoms with Crippen molar-refractivity contribution < 1.29 is 4.79 Å². The Labute approximate surface area is 119 Å². The highest BCUT2D eigenvalue weighted by molar-refractivity contribution is 7.20. The molecule has 96 valence electrons. The van der Waals surface area contributed by atoms with Crippen molar-refractivity contribution in [3.8, 4) is 6.07 Å². The second-order valence-electron chi connectivity index (χ2n) is 3.96. The van der Waals surface area contributed by atoms with Crippen molar-refractivity contribution in [3.63, 3.8) is 0 Å². The summed E-state index contributed by atoms with van der Waals surface area (Å²) in [6, 6.07) is 3.72. The molecule has 0 bridgehead atoms. The number of amides is 1.